The molecule has 9 heteroatoms. The van der Waals surface area contributed by atoms with Crippen molar-refractivity contribution in [1.29, 1.82) is 0 Å². The normalized spacial score (nSPS) is 18.4. The molecule has 174 valence electrons. The molecule has 0 radical (unpaired) electrons. The lowest BCUT2D eigenvalue weighted by molar-refractivity contribution is -0.153. The van der Waals surface area contributed by atoms with Gasteiger partial charge < -0.3 is 14.9 Å². The second kappa shape index (κ2) is 10.3. The summed E-state index contributed by atoms with van der Waals surface area (Å²) in [5, 5.41) is 8.45. The molecule has 2 atom stereocenters. The van der Waals surface area contributed by atoms with Crippen LogP contribution in [0.1, 0.15) is 32.4 Å². The fourth-order valence-electron chi connectivity index (χ4n) is 3.62. The molecule has 2 aromatic rings. The molecule has 1 aliphatic rings. The number of nitrogens with one attached hydrogen (secondary N) is 1. The van der Waals surface area contributed by atoms with Gasteiger partial charge in [0, 0.05) is 23.9 Å². The van der Waals surface area contributed by atoms with Crippen LogP contribution < -0.4 is 5.32 Å². The Kier molecular flexibility index (Phi) is 7.52. The molecule has 0 aliphatic carbocycles. The van der Waals surface area contributed by atoms with Gasteiger partial charge in [0.15, 0.2) is 5.78 Å². The Morgan fingerprint density at radius 3 is 2.76 bits per heavy atom. The van der Waals surface area contributed by atoms with E-state index in [0.29, 0.717) is 11.4 Å². The van der Waals surface area contributed by atoms with E-state index in [1.165, 1.54) is 6.08 Å². The molecule has 1 N–H and O–H groups in total. The maximum absolute atomic E-state index is 13.3. The van der Waals surface area contributed by atoms with Gasteiger partial charge in [-0.05, 0) is 11.5 Å². The number of nitrogens with zero attached hydrogens (tertiary/aromatic N) is 2. The number of alkyl halides is 1. The summed E-state index contributed by atoms with van der Waals surface area (Å²) in [6.45, 7) is 5.59. The SMILES string of the molecule is C=CCOC(=O)C[C@H](NC(=O)C1(C(C)C)CC(c2nccc3ccccc23)=NO1)C(=O)CF. The average molecular weight is 455 g/mol. The fraction of sp³-hybridized carbons (Fsp3) is 0.375. The van der Waals surface area contributed by atoms with Gasteiger partial charge in [-0.1, -0.05) is 55.9 Å². The number of hydrogen-bond acceptors (Lipinski definition) is 7. The van der Waals surface area contributed by atoms with Crippen LogP contribution in [-0.2, 0) is 24.0 Å². The molecule has 3 rings (SSSR count). The maximum Gasteiger partial charge on any atom is 0.308 e. The molecule has 0 saturated heterocycles. The van der Waals surface area contributed by atoms with Crippen molar-refractivity contribution in [3.63, 3.8) is 0 Å². The predicted octanol–water partition coefficient (Wildman–Crippen LogP) is 2.90. The van der Waals surface area contributed by atoms with Crippen molar-refractivity contribution < 1.29 is 28.3 Å². The number of halogens is 1. The highest BCUT2D eigenvalue weighted by Gasteiger charge is 2.50. The molecule has 1 aromatic heterocycles. The van der Waals surface area contributed by atoms with Gasteiger partial charge >= 0.3 is 5.97 Å². The number of amides is 1. The number of aromatic nitrogens is 1. The molecule has 1 unspecified atom stereocenters. The third-order valence-electron chi connectivity index (χ3n) is 5.57. The van der Waals surface area contributed by atoms with Crippen molar-refractivity contribution in [3.8, 4) is 0 Å². The Morgan fingerprint density at radius 2 is 2.06 bits per heavy atom. The minimum absolute atomic E-state index is 0.0579. The van der Waals surface area contributed by atoms with Gasteiger partial charge in [0.2, 0.25) is 5.60 Å². The van der Waals surface area contributed by atoms with E-state index in [4.69, 9.17) is 9.57 Å². The summed E-state index contributed by atoms with van der Waals surface area (Å²) in [7, 11) is 0. The van der Waals surface area contributed by atoms with Crippen LogP contribution in [0.15, 0.2) is 54.3 Å². The highest BCUT2D eigenvalue weighted by Crippen LogP contribution is 2.35. The van der Waals surface area contributed by atoms with Gasteiger partial charge in [-0.25, -0.2) is 4.39 Å². The number of Topliss-reactive ketones (excluding diaryl/α,β-unsaturated/α-hetero) is 1. The van der Waals surface area contributed by atoms with Crippen molar-refractivity contribution in [1.82, 2.24) is 10.3 Å². The van der Waals surface area contributed by atoms with Crippen LogP contribution in [0.25, 0.3) is 10.8 Å². The van der Waals surface area contributed by atoms with E-state index in [0.717, 1.165) is 10.8 Å². The van der Waals surface area contributed by atoms with Gasteiger partial charge in [0.1, 0.15) is 25.0 Å². The van der Waals surface area contributed by atoms with Crippen molar-refractivity contribution in [2.24, 2.45) is 11.1 Å². The van der Waals surface area contributed by atoms with E-state index < -0.39 is 42.4 Å². The maximum atomic E-state index is 13.3. The fourth-order valence-corrected chi connectivity index (χ4v) is 3.62. The van der Waals surface area contributed by atoms with Crippen molar-refractivity contribution in [2.45, 2.75) is 38.3 Å². The zero-order valence-corrected chi connectivity index (χ0v) is 18.5. The third kappa shape index (κ3) is 5.08. The number of ether oxygens (including phenoxy) is 1. The number of carbonyl (C=O) groups excluding carboxylic acids is 3. The van der Waals surface area contributed by atoms with Crippen LogP contribution in [0.4, 0.5) is 4.39 Å². The number of rotatable bonds is 10. The molecule has 8 nitrogen and oxygen atoms in total. The van der Waals surface area contributed by atoms with Gasteiger partial charge in [-0.15, -0.1) is 0 Å². The topological polar surface area (TPSA) is 107 Å². The first-order chi connectivity index (χ1) is 15.8. The quantitative estimate of drug-likeness (QED) is 0.436. The van der Waals surface area contributed by atoms with Crippen LogP contribution in [-0.4, -0.2) is 53.3 Å². The lowest BCUT2D eigenvalue weighted by Crippen LogP contribution is -2.55. The molecular formula is C24H26FN3O5. The summed E-state index contributed by atoms with van der Waals surface area (Å²) in [5.41, 5.74) is -0.379. The number of ketones is 1. The van der Waals surface area contributed by atoms with Crippen LogP contribution in [0.5, 0.6) is 0 Å². The zero-order chi connectivity index (χ0) is 24.0. The van der Waals surface area contributed by atoms with Crippen molar-refractivity contribution >= 4 is 34.1 Å². The summed E-state index contributed by atoms with van der Waals surface area (Å²) in [6.07, 6.45) is 2.60. The van der Waals surface area contributed by atoms with Gasteiger partial charge in [-0.2, -0.15) is 0 Å². The Bertz CT molecular complexity index is 1100. The average Bonchev–Trinajstić information content (AvgIpc) is 3.28. The molecular weight excluding hydrogens is 429 g/mol. The van der Waals surface area contributed by atoms with Gasteiger partial charge in [0.05, 0.1) is 12.1 Å². The summed E-state index contributed by atoms with van der Waals surface area (Å²) >= 11 is 0. The first-order valence-electron chi connectivity index (χ1n) is 10.6. The van der Waals surface area contributed by atoms with E-state index >= 15 is 0 Å². The van der Waals surface area contributed by atoms with Crippen molar-refractivity contribution in [2.75, 3.05) is 13.3 Å². The number of fused-ring (bicyclic) bond motifs is 1. The number of pyridine rings is 1. The third-order valence-corrected chi connectivity index (χ3v) is 5.57. The van der Waals surface area contributed by atoms with E-state index in [2.05, 4.69) is 22.0 Å². The second-order valence-electron chi connectivity index (χ2n) is 8.03. The van der Waals surface area contributed by atoms with Crippen molar-refractivity contribution in [3.05, 3.63) is 54.9 Å². The molecule has 0 bridgehead atoms. The van der Waals surface area contributed by atoms with Crippen LogP contribution in [0, 0.1) is 5.92 Å². The molecule has 1 aromatic carbocycles. The minimum atomic E-state index is -1.45. The highest BCUT2D eigenvalue weighted by molar-refractivity contribution is 6.12. The molecule has 2 heterocycles. The summed E-state index contributed by atoms with van der Waals surface area (Å²) in [6, 6.07) is 8.12. The smallest absolute Gasteiger partial charge is 0.308 e. The number of benzene rings is 1. The number of carbonyl (C=O) groups is 3. The predicted molar refractivity (Wildman–Crippen MR) is 120 cm³/mol. The molecule has 0 saturated carbocycles. The van der Waals surface area contributed by atoms with E-state index in [1.54, 1.807) is 20.0 Å². The lowest BCUT2D eigenvalue weighted by atomic mass is 9.83. The Hall–Kier alpha value is -3.62. The second-order valence-corrected chi connectivity index (χ2v) is 8.03. The zero-order valence-electron chi connectivity index (χ0n) is 18.5. The summed E-state index contributed by atoms with van der Waals surface area (Å²) in [4.78, 5) is 47.4. The van der Waals surface area contributed by atoms with Gasteiger partial charge in [0.25, 0.3) is 5.91 Å². The lowest BCUT2D eigenvalue weighted by Gasteiger charge is -2.30. The number of hydrogen-bond donors (Lipinski definition) is 1. The monoisotopic (exact) mass is 455 g/mol. The van der Waals surface area contributed by atoms with E-state index in [1.807, 2.05) is 30.3 Å². The molecule has 0 spiro atoms. The number of oxime groups is 1. The highest BCUT2D eigenvalue weighted by atomic mass is 19.1. The Labute approximate surface area is 190 Å². The molecule has 1 amide bonds. The molecule has 1 aliphatic heterocycles. The largest absolute Gasteiger partial charge is 0.461 e. The first-order valence-corrected chi connectivity index (χ1v) is 10.6. The Balaban J connectivity index is 1.83. The van der Waals surface area contributed by atoms with E-state index in [9.17, 15) is 18.8 Å². The number of esters is 1. The van der Waals surface area contributed by atoms with Crippen LogP contribution in [0.2, 0.25) is 0 Å². The first kappa shape index (κ1) is 24.0. The molecule has 0 fully saturated rings. The molecule has 33 heavy (non-hydrogen) atoms. The van der Waals surface area contributed by atoms with Crippen LogP contribution in [0.3, 0.4) is 0 Å². The summed E-state index contributed by atoms with van der Waals surface area (Å²) < 4.78 is 18.0. The minimum Gasteiger partial charge on any atom is -0.461 e. The Morgan fingerprint density at radius 1 is 1.30 bits per heavy atom. The van der Waals surface area contributed by atoms with Gasteiger partial charge in [-0.3, -0.25) is 19.4 Å². The summed E-state index contributed by atoms with van der Waals surface area (Å²) in [5.74, 6) is -2.72. The standard InChI is InChI=1S/C24H26FN3O5/c1-4-11-32-21(30)12-18(20(29)14-25)27-23(31)24(15(2)3)13-19(28-33-24)22-17-8-6-5-7-16(17)9-10-26-22/h4-10,15,18H,1,11-14H2,2-3H3,(H,27,31)/t18-,24?/m0/s1. The van der Waals surface area contributed by atoms with Crippen LogP contribution >= 0.6 is 0 Å². The van der Waals surface area contributed by atoms with E-state index in [-0.39, 0.29) is 18.9 Å².